The first-order valence-electron chi connectivity index (χ1n) is 10.4. The number of carbonyl (C=O) groups excluding carboxylic acids is 1. The summed E-state index contributed by atoms with van der Waals surface area (Å²) >= 11 is 1.35. The molecule has 0 fully saturated rings. The SMILES string of the molecule is Cc1ccc(-n2ncc3c(=O)n4c(nc32)SCC4CC(=O)Nc2cccc(C(F)(F)F)c2)cc1. The van der Waals surface area contributed by atoms with Gasteiger partial charge in [-0.15, -0.1) is 0 Å². The van der Waals surface area contributed by atoms with E-state index in [1.807, 2.05) is 31.2 Å². The summed E-state index contributed by atoms with van der Waals surface area (Å²) in [4.78, 5) is 30.4. The van der Waals surface area contributed by atoms with Crippen molar-refractivity contribution in [2.45, 2.75) is 30.7 Å². The van der Waals surface area contributed by atoms with Gasteiger partial charge < -0.3 is 5.32 Å². The molecule has 2 aromatic heterocycles. The summed E-state index contributed by atoms with van der Waals surface area (Å²) in [6, 6.07) is 11.6. The second-order valence-corrected chi connectivity index (χ2v) is 8.98. The molecule has 1 unspecified atom stereocenters. The molecule has 5 rings (SSSR count). The minimum absolute atomic E-state index is 0.0472. The summed E-state index contributed by atoms with van der Waals surface area (Å²) in [5.74, 6) is -0.0388. The van der Waals surface area contributed by atoms with Gasteiger partial charge in [-0.2, -0.15) is 18.3 Å². The fourth-order valence-corrected chi connectivity index (χ4v) is 4.99. The maximum Gasteiger partial charge on any atom is 0.416 e. The third-order valence-corrected chi connectivity index (χ3v) is 6.64. The maximum absolute atomic E-state index is 13.2. The molecule has 7 nitrogen and oxygen atoms in total. The molecule has 0 bridgehead atoms. The van der Waals surface area contributed by atoms with Crippen molar-refractivity contribution >= 4 is 34.4 Å². The van der Waals surface area contributed by atoms with Crippen molar-refractivity contribution in [2.24, 2.45) is 0 Å². The molecular formula is C23H18F3N5O2S. The number of benzene rings is 2. The summed E-state index contributed by atoms with van der Waals surface area (Å²) in [6.07, 6.45) is -3.12. The van der Waals surface area contributed by atoms with E-state index in [4.69, 9.17) is 0 Å². The summed E-state index contributed by atoms with van der Waals surface area (Å²) in [7, 11) is 0. The molecule has 0 spiro atoms. The minimum atomic E-state index is -4.50. The van der Waals surface area contributed by atoms with Crippen molar-refractivity contribution in [3.8, 4) is 5.69 Å². The standard InChI is InChI=1S/C23H18F3N5O2S/c1-13-5-7-16(8-6-13)31-20-18(11-27-31)21(33)30-17(12-34-22(30)29-20)10-19(32)28-15-4-2-3-14(9-15)23(24,25)26/h2-9,11,17H,10,12H2,1H3,(H,28,32). The summed E-state index contributed by atoms with van der Waals surface area (Å²) in [5, 5.41) is 7.63. The average molecular weight is 485 g/mol. The van der Waals surface area contributed by atoms with E-state index in [1.165, 1.54) is 34.7 Å². The van der Waals surface area contributed by atoms with Crippen LogP contribution in [0.4, 0.5) is 18.9 Å². The molecule has 1 aliphatic heterocycles. The quantitative estimate of drug-likeness (QED) is 0.428. The van der Waals surface area contributed by atoms with Crippen LogP contribution in [0.1, 0.15) is 23.6 Å². The van der Waals surface area contributed by atoms with Crippen LogP contribution in [0.15, 0.2) is 64.7 Å². The number of aromatic nitrogens is 4. The molecule has 0 saturated carbocycles. The van der Waals surface area contributed by atoms with Gasteiger partial charge in [-0.3, -0.25) is 14.2 Å². The third-order valence-electron chi connectivity index (χ3n) is 5.54. The average Bonchev–Trinajstić information content (AvgIpc) is 3.39. The molecule has 3 heterocycles. The molecule has 1 aliphatic rings. The van der Waals surface area contributed by atoms with Gasteiger partial charge in [0.15, 0.2) is 10.8 Å². The molecule has 1 N–H and O–H groups in total. The Morgan fingerprint density at radius 2 is 1.97 bits per heavy atom. The maximum atomic E-state index is 13.2. The van der Waals surface area contributed by atoms with Crippen LogP contribution in [0.3, 0.4) is 0 Å². The lowest BCUT2D eigenvalue weighted by Crippen LogP contribution is -2.27. The van der Waals surface area contributed by atoms with Crippen molar-refractivity contribution in [3.63, 3.8) is 0 Å². The molecule has 0 aliphatic carbocycles. The van der Waals surface area contributed by atoms with Crippen LogP contribution in [0.2, 0.25) is 0 Å². The van der Waals surface area contributed by atoms with Crippen LogP contribution in [0.5, 0.6) is 0 Å². The Kier molecular flexibility index (Phi) is 5.43. The Balaban J connectivity index is 1.40. The van der Waals surface area contributed by atoms with Crippen molar-refractivity contribution in [3.05, 3.63) is 76.2 Å². The highest BCUT2D eigenvalue weighted by atomic mass is 32.2. The zero-order chi connectivity index (χ0) is 24.0. The predicted molar refractivity (Wildman–Crippen MR) is 122 cm³/mol. The molecule has 34 heavy (non-hydrogen) atoms. The Bertz CT molecular complexity index is 1460. The van der Waals surface area contributed by atoms with Crippen molar-refractivity contribution < 1.29 is 18.0 Å². The summed E-state index contributed by atoms with van der Waals surface area (Å²) in [5.41, 5.74) is 1.20. The summed E-state index contributed by atoms with van der Waals surface area (Å²) in [6.45, 7) is 1.97. The minimum Gasteiger partial charge on any atom is -0.326 e. The number of nitrogens with one attached hydrogen (secondary N) is 1. The number of thioether (sulfide) groups is 1. The van der Waals surface area contributed by atoms with E-state index >= 15 is 0 Å². The lowest BCUT2D eigenvalue weighted by molar-refractivity contribution is -0.137. The molecule has 1 atom stereocenters. The number of amides is 1. The number of rotatable bonds is 4. The number of halogens is 3. The predicted octanol–water partition coefficient (Wildman–Crippen LogP) is 4.59. The van der Waals surface area contributed by atoms with Crippen molar-refractivity contribution in [1.29, 1.82) is 0 Å². The number of fused-ring (bicyclic) bond motifs is 2. The lowest BCUT2D eigenvalue weighted by Gasteiger charge is -2.14. The highest BCUT2D eigenvalue weighted by Gasteiger charge is 2.32. The Hall–Kier alpha value is -3.60. The lowest BCUT2D eigenvalue weighted by atomic mass is 10.1. The van der Waals surface area contributed by atoms with Crippen LogP contribution in [-0.2, 0) is 11.0 Å². The highest BCUT2D eigenvalue weighted by Crippen LogP contribution is 2.34. The number of carbonyl (C=O) groups is 1. The number of hydrogen-bond donors (Lipinski definition) is 1. The molecule has 4 aromatic rings. The van der Waals surface area contributed by atoms with Crippen LogP contribution in [0.25, 0.3) is 16.7 Å². The van der Waals surface area contributed by atoms with Crippen LogP contribution in [0, 0.1) is 6.92 Å². The van der Waals surface area contributed by atoms with Gasteiger partial charge in [0.1, 0.15) is 5.39 Å². The molecule has 2 aromatic carbocycles. The normalized spacial score (nSPS) is 15.5. The van der Waals surface area contributed by atoms with E-state index < -0.39 is 23.7 Å². The number of alkyl halides is 3. The highest BCUT2D eigenvalue weighted by molar-refractivity contribution is 7.99. The smallest absolute Gasteiger partial charge is 0.326 e. The first-order valence-corrected chi connectivity index (χ1v) is 11.4. The van der Waals surface area contributed by atoms with Gasteiger partial charge in [-0.25, -0.2) is 9.67 Å². The largest absolute Gasteiger partial charge is 0.416 e. The van der Waals surface area contributed by atoms with E-state index in [2.05, 4.69) is 15.4 Å². The van der Waals surface area contributed by atoms with Crippen molar-refractivity contribution in [1.82, 2.24) is 19.3 Å². The topological polar surface area (TPSA) is 81.8 Å². The molecule has 11 heteroatoms. The summed E-state index contributed by atoms with van der Waals surface area (Å²) < 4.78 is 41.9. The molecular weight excluding hydrogens is 467 g/mol. The van der Waals surface area contributed by atoms with E-state index in [0.29, 0.717) is 21.9 Å². The zero-order valence-corrected chi connectivity index (χ0v) is 18.7. The number of aryl methyl sites for hydroxylation is 1. The fraction of sp³-hybridized carbons (Fsp3) is 0.217. The van der Waals surface area contributed by atoms with Gasteiger partial charge in [-0.05, 0) is 37.3 Å². The van der Waals surface area contributed by atoms with Gasteiger partial charge in [0.05, 0.1) is 23.5 Å². The number of anilines is 1. The van der Waals surface area contributed by atoms with E-state index in [-0.39, 0.29) is 17.7 Å². The van der Waals surface area contributed by atoms with Crippen LogP contribution in [-0.4, -0.2) is 31.0 Å². The van der Waals surface area contributed by atoms with E-state index in [9.17, 15) is 22.8 Å². The molecule has 0 radical (unpaired) electrons. The molecule has 174 valence electrons. The van der Waals surface area contributed by atoms with E-state index in [1.54, 1.807) is 4.68 Å². The number of hydrogen-bond acceptors (Lipinski definition) is 5. The Labute approximate surface area is 195 Å². The Morgan fingerprint density at radius 3 is 2.71 bits per heavy atom. The van der Waals surface area contributed by atoms with Crippen molar-refractivity contribution in [2.75, 3.05) is 11.1 Å². The first-order chi connectivity index (χ1) is 16.2. The monoisotopic (exact) mass is 485 g/mol. The van der Waals surface area contributed by atoms with Gasteiger partial charge in [-0.1, -0.05) is 35.5 Å². The Morgan fingerprint density at radius 1 is 1.21 bits per heavy atom. The zero-order valence-electron chi connectivity index (χ0n) is 17.8. The van der Waals surface area contributed by atoms with Gasteiger partial charge in [0, 0.05) is 17.9 Å². The van der Waals surface area contributed by atoms with Gasteiger partial charge >= 0.3 is 6.18 Å². The first kappa shape index (κ1) is 22.2. The fourth-order valence-electron chi connectivity index (χ4n) is 3.86. The second-order valence-electron chi connectivity index (χ2n) is 7.99. The second kappa shape index (κ2) is 8.32. The van der Waals surface area contributed by atoms with E-state index in [0.717, 1.165) is 23.4 Å². The molecule has 1 amide bonds. The third kappa shape index (κ3) is 4.07. The molecule has 0 saturated heterocycles. The van der Waals surface area contributed by atoms with Crippen LogP contribution < -0.4 is 10.9 Å². The van der Waals surface area contributed by atoms with Crippen LogP contribution >= 0.6 is 11.8 Å². The number of nitrogens with zero attached hydrogens (tertiary/aromatic N) is 4. The van der Waals surface area contributed by atoms with Gasteiger partial charge in [0.25, 0.3) is 5.56 Å². The van der Waals surface area contributed by atoms with Gasteiger partial charge in [0.2, 0.25) is 5.91 Å².